The Morgan fingerprint density at radius 2 is 2.08 bits per heavy atom. The van der Waals surface area contributed by atoms with E-state index in [1.807, 2.05) is 24.3 Å². The van der Waals surface area contributed by atoms with Crippen LogP contribution in [-0.4, -0.2) is 11.2 Å². The zero-order chi connectivity index (χ0) is 9.68. The molecule has 1 amide bonds. The van der Waals surface area contributed by atoms with E-state index in [1.54, 1.807) is 0 Å². The van der Waals surface area contributed by atoms with Gasteiger partial charge in [0.25, 0.3) is 0 Å². The quantitative estimate of drug-likeness (QED) is 0.854. The molecule has 0 aliphatic heterocycles. The summed E-state index contributed by atoms with van der Waals surface area (Å²) in [6.07, 6.45) is 0. The van der Waals surface area contributed by atoms with Crippen molar-refractivity contribution in [2.24, 2.45) is 0 Å². The molecule has 0 saturated heterocycles. The molecule has 1 N–H and O–H groups in total. The first kappa shape index (κ1) is 10.7. The van der Waals surface area contributed by atoms with E-state index in [0.29, 0.717) is 11.9 Å². The molecule has 1 aromatic carbocycles. The Labute approximate surface area is 94.0 Å². The molecule has 0 saturated carbocycles. The van der Waals surface area contributed by atoms with Crippen molar-refractivity contribution in [2.75, 3.05) is 5.33 Å². The smallest absolute Gasteiger partial charge is 0.230 e. The molecule has 70 valence electrons. The van der Waals surface area contributed by atoms with Crippen LogP contribution in [0.2, 0.25) is 0 Å². The van der Waals surface area contributed by atoms with E-state index in [2.05, 4.69) is 37.2 Å². The molecule has 0 spiro atoms. The van der Waals surface area contributed by atoms with Crippen LogP contribution < -0.4 is 5.32 Å². The molecule has 0 aliphatic carbocycles. The fourth-order valence-electron chi connectivity index (χ4n) is 0.883. The minimum Gasteiger partial charge on any atom is -0.351 e. The average molecular weight is 307 g/mol. The number of carbonyl (C=O) groups is 1. The van der Waals surface area contributed by atoms with E-state index in [0.717, 1.165) is 10.0 Å². The van der Waals surface area contributed by atoms with Gasteiger partial charge in [-0.25, -0.2) is 0 Å². The van der Waals surface area contributed by atoms with E-state index in [9.17, 15) is 4.79 Å². The Morgan fingerprint density at radius 1 is 1.38 bits per heavy atom. The molecule has 13 heavy (non-hydrogen) atoms. The lowest BCUT2D eigenvalue weighted by Crippen LogP contribution is -2.23. The van der Waals surface area contributed by atoms with Crippen LogP contribution in [0.5, 0.6) is 0 Å². The number of nitrogens with one attached hydrogen (secondary N) is 1. The van der Waals surface area contributed by atoms with Crippen molar-refractivity contribution in [3.8, 4) is 0 Å². The van der Waals surface area contributed by atoms with Crippen molar-refractivity contribution >= 4 is 37.8 Å². The van der Waals surface area contributed by atoms with Gasteiger partial charge in [0.15, 0.2) is 0 Å². The third-order valence-corrected chi connectivity index (χ3v) is 2.84. The van der Waals surface area contributed by atoms with Crippen LogP contribution in [0.1, 0.15) is 5.56 Å². The highest BCUT2D eigenvalue weighted by molar-refractivity contribution is 9.10. The van der Waals surface area contributed by atoms with Crippen LogP contribution in [-0.2, 0) is 11.3 Å². The molecule has 0 bridgehead atoms. The summed E-state index contributed by atoms with van der Waals surface area (Å²) < 4.78 is 1.02. The van der Waals surface area contributed by atoms with Crippen molar-refractivity contribution in [2.45, 2.75) is 6.54 Å². The minimum atomic E-state index is -0.00393. The van der Waals surface area contributed by atoms with Crippen LogP contribution in [0, 0.1) is 0 Å². The van der Waals surface area contributed by atoms with E-state index >= 15 is 0 Å². The molecule has 0 fully saturated rings. The molecule has 2 nitrogen and oxygen atoms in total. The van der Waals surface area contributed by atoms with E-state index in [1.165, 1.54) is 0 Å². The van der Waals surface area contributed by atoms with Crippen LogP contribution in [0.3, 0.4) is 0 Å². The second-order valence-electron chi connectivity index (χ2n) is 2.50. The van der Waals surface area contributed by atoms with Crippen molar-refractivity contribution in [1.82, 2.24) is 5.32 Å². The summed E-state index contributed by atoms with van der Waals surface area (Å²) in [4.78, 5) is 10.9. The standard InChI is InChI=1S/C9H9Br2NO/c10-5-9(13)12-6-7-3-1-2-4-8(7)11/h1-4H,5-6H2,(H,12,13). The van der Waals surface area contributed by atoms with Crippen LogP contribution in [0.4, 0.5) is 0 Å². The number of hydrogen-bond donors (Lipinski definition) is 1. The van der Waals surface area contributed by atoms with Gasteiger partial charge in [-0.3, -0.25) is 4.79 Å². The van der Waals surface area contributed by atoms with Crippen molar-refractivity contribution in [3.63, 3.8) is 0 Å². The number of amides is 1. The first-order valence-corrected chi connectivity index (χ1v) is 5.71. The second kappa shape index (κ2) is 5.40. The molecular formula is C9H9Br2NO. The summed E-state index contributed by atoms with van der Waals surface area (Å²) >= 11 is 6.49. The maximum Gasteiger partial charge on any atom is 0.230 e. The minimum absolute atomic E-state index is 0.00393. The van der Waals surface area contributed by atoms with Gasteiger partial charge in [0.05, 0.1) is 5.33 Å². The monoisotopic (exact) mass is 305 g/mol. The SMILES string of the molecule is O=C(CBr)NCc1ccccc1Br. The van der Waals surface area contributed by atoms with Crippen molar-refractivity contribution in [1.29, 1.82) is 0 Å². The Balaban J connectivity index is 2.54. The normalized spacial score (nSPS) is 9.69. The Morgan fingerprint density at radius 3 is 2.69 bits per heavy atom. The zero-order valence-corrected chi connectivity index (χ0v) is 10.1. The first-order chi connectivity index (χ1) is 6.24. The fourth-order valence-corrected chi connectivity index (χ4v) is 1.51. The highest BCUT2D eigenvalue weighted by Crippen LogP contribution is 2.15. The highest BCUT2D eigenvalue weighted by atomic mass is 79.9. The molecule has 0 unspecified atom stereocenters. The predicted molar refractivity (Wildman–Crippen MR) is 59.8 cm³/mol. The Kier molecular flexibility index (Phi) is 4.45. The number of hydrogen-bond acceptors (Lipinski definition) is 1. The largest absolute Gasteiger partial charge is 0.351 e. The molecule has 0 atom stereocenters. The van der Waals surface area contributed by atoms with Gasteiger partial charge >= 0.3 is 0 Å². The molecular weight excluding hydrogens is 298 g/mol. The predicted octanol–water partition coefficient (Wildman–Crippen LogP) is 2.46. The summed E-state index contributed by atoms with van der Waals surface area (Å²) in [6.45, 7) is 0.561. The van der Waals surface area contributed by atoms with Gasteiger partial charge in [-0.1, -0.05) is 50.1 Å². The van der Waals surface area contributed by atoms with Gasteiger partial charge in [-0.15, -0.1) is 0 Å². The average Bonchev–Trinajstić information content (AvgIpc) is 2.16. The molecule has 0 radical (unpaired) electrons. The lowest BCUT2D eigenvalue weighted by Gasteiger charge is -2.04. The first-order valence-electron chi connectivity index (χ1n) is 3.80. The van der Waals surface area contributed by atoms with Gasteiger partial charge < -0.3 is 5.32 Å². The molecule has 0 aromatic heterocycles. The summed E-state index contributed by atoms with van der Waals surface area (Å²) in [5.41, 5.74) is 1.08. The number of alkyl halides is 1. The third kappa shape index (κ3) is 3.48. The summed E-state index contributed by atoms with van der Waals surface area (Å²) in [5.74, 6) is -0.00393. The molecule has 0 aliphatic rings. The zero-order valence-electron chi connectivity index (χ0n) is 6.89. The highest BCUT2D eigenvalue weighted by Gasteiger charge is 2.00. The van der Waals surface area contributed by atoms with Crippen LogP contribution in [0.15, 0.2) is 28.7 Å². The van der Waals surface area contributed by atoms with E-state index < -0.39 is 0 Å². The number of benzene rings is 1. The fraction of sp³-hybridized carbons (Fsp3) is 0.222. The molecule has 4 heteroatoms. The van der Waals surface area contributed by atoms with E-state index in [4.69, 9.17) is 0 Å². The summed E-state index contributed by atoms with van der Waals surface area (Å²) in [5, 5.41) is 3.12. The van der Waals surface area contributed by atoms with Gasteiger partial charge in [0.2, 0.25) is 5.91 Å². The Bertz CT molecular complexity index is 301. The summed E-state index contributed by atoms with van der Waals surface area (Å²) in [6, 6.07) is 7.81. The van der Waals surface area contributed by atoms with Gasteiger partial charge in [0, 0.05) is 11.0 Å². The summed E-state index contributed by atoms with van der Waals surface area (Å²) in [7, 11) is 0. The van der Waals surface area contributed by atoms with Gasteiger partial charge in [-0.2, -0.15) is 0 Å². The maximum absolute atomic E-state index is 10.9. The number of halogens is 2. The molecule has 1 rings (SSSR count). The number of carbonyl (C=O) groups excluding carboxylic acids is 1. The Hall–Kier alpha value is -0.350. The van der Waals surface area contributed by atoms with Crippen LogP contribution >= 0.6 is 31.9 Å². The lowest BCUT2D eigenvalue weighted by atomic mass is 10.2. The second-order valence-corrected chi connectivity index (χ2v) is 3.92. The lowest BCUT2D eigenvalue weighted by molar-refractivity contribution is -0.118. The van der Waals surface area contributed by atoms with Crippen LogP contribution in [0.25, 0.3) is 0 Å². The number of rotatable bonds is 3. The van der Waals surface area contributed by atoms with Gasteiger partial charge in [-0.05, 0) is 11.6 Å². The van der Waals surface area contributed by atoms with E-state index in [-0.39, 0.29) is 5.91 Å². The topological polar surface area (TPSA) is 29.1 Å². The third-order valence-electron chi connectivity index (χ3n) is 1.56. The molecule has 0 heterocycles. The van der Waals surface area contributed by atoms with Crippen molar-refractivity contribution < 1.29 is 4.79 Å². The maximum atomic E-state index is 10.9. The van der Waals surface area contributed by atoms with Crippen molar-refractivity contribution in [3.05, 3.63) is 34.3 Å². The van der Waals surface area contributed by atoms with Gasteiger partial charge in [0.1, 0.15) is 0 Å². The molecule has 1 aromatic rings.